The number of carbonyl (C=O) groups is 2. The molecule has 3 aliphatic heterocycles. The predicted octanol–water partition coefficient (Wildman–Crippen LogP) is 3.39. The molecule has 2 aromatic rings. The van der Waals surface area contributed by atoms with Crippen molar-refractivity contribution in [2.75, 3.05) is 32.7 Å². The molecule has 1 unspecified atom stereocenters. The van der Waals surface area contributed by atoms with E-state index in [1.54, 1.807) is 11.3 Å². The summed E-state index contributed by atoms with van der Waals surface area (Å²) in [6, 6.07) is 0.462. The third kappa shape index (κ3) is 4.37. The quantitative estimate of drug-likeness (QED) is 0.687. The molecule has 31 heavy (non-hydrogen) atoms. The molecule has 2 amide bonds. The van der Waals surface area contributed by atoms with Crippen molar-refractivity contribution in [3.05, 3.63) is 23.0 Å². The van der Waals surface area contributed by atoms with Gasteiger partial charge < -0.3 is 9.80 Å². The zero-order valence-corrected chi connectivity index (χ0v) is 19.1. The topological polar surface area (TPSA) is 61.2 Å². The monoisotopic (exact) mass is 443 g/mol. The lowest BCUT2D eigenvalue weighted by molar-refractivity contribution is -0.127. The third-order valence-electron chi connectivity index (χ3n) is 7.21. The van der Waals surface area contributed by atoms with Crippen LogP contribution in [-0.2, 0) is 11.3 Å². The molecule has 5 rings (SSSR count). The maximum atomic E-state index is 13.3. The minimum atomic E-state index is 0.0989. The van der Waals surface area contributed by atoms with Gasteiger partial charge in [-0.1, -0.05) is 6.42 Å². The fraction of sp³-hybridized carbons (Fsp3) is 0.696. The van der Waals surface area contributed by atoms with Crippen LogP contribution in [0, 0.1) is 0 Å². The fourth-order valence-electron chi connectivity index (χ4n) is 5.43. The summed E-state index contributed by atoms with van der Waals surface area (Å²) in [5, 5.41) is 2.05. The van der Waals surface area contributed by atoms with E-state index in [2.05, 4.69) is 15.5 Å². The van der Waals surface area contributed by atoms with E-state index in [1.165, 1.54) is 25.7 Å². The molecular formula is C23H33N5O2S. The normalized spacial score (nSPS) is 23.2. The number of hydrogen-bond acceptors (Lipinski definition) is 5. The largest absolute Gasteiger partial charge is 0.343 e. The summed E-state index contributed by atoms with van der Waals surface area (Å²) in [5.74, 6) is 0.411. The van der Waals surface area contributed by atoms with E-state index in [-0.39, 0.29) is 5.91 Å². The highest BCUT2D eigenvalue weighted by atomic mass is 32.1. The summed E-state index contributed by atoms with van der Waals surface area (Å²) in [4.78, 5) is 37.6. The number of amides is 2. The van der Waals surface area contributed by atoms with Gasteiger partial charge in [0.05, 0.1) is 5.69 Å². The summed E-state index contributed by atoms with van der Waals surface area (Å²) < 4.78 is 2.12. The molecule has 0 aliphatic carbocycles. The highest BCUT2D eigenvalue weighted by Gasteiger charge is 2.30. The molecule has 3 aliphatic rings. The van der Waals surface area contributed by atoms with Gasteiger partial charge in [0.25, 0.3) is 5.91 Å². The van der Waals surface area contributed by atoms with Gasteiger partial charge in [-0.2, -0.15) is 0 Å². The van der Waals surface area contributed by atoms with E-state index in [4.69, 9.17) is 4.98 Å². The molecular weight excluding hydrogens is 410 g/mol. The smallest absolute Gasteiger partial charge is 0.274 e. The van der Waals surface area contributed by atoms with E-state index in [0.29, 0.717) is 24.1 Å². The number of rotatable bonds is 6. The summed E-state index contributed by atoms with van der Waals surface area (Å²) in [5.41, 5.74) is 1.68. The second kappa shape index (κ2) is 9.28. The van der Waals surface area contributed by atoms with Crippen molar-refractivity contribution < 1.29 is 9.59 Å². The molecule has 7 nitrogen and oxygen atoms in total. The van der Waals surface area contributed by atoms with Crippen molar-refractivity contribution in [2.45, 2.75) is 70.4 Å². The fourth-order valence-corrected chi connectivity index (χ4v) is 6.17. The number of imidazole rings is 1. The number of carbonyl (C=O) groups excluding carboxylic acids is 2. The lowest BCUT2D eigenvalue weighted by Crippen LogP contribution is -2.42. The van der Waals surface area contributed by atoms with Gasteiger partial charge in [-0.3, -0.25) is 18.9 Å². The van der Waals surface area contributed by atoms with Gasteiger partial charge in [-0.15, -0.1) is 11.3 Å². The van der Waals surface area contributed by atoms with E-state index in [1.807, 2.05) is 15.2 Å². The minimum absolute atomic E-state index is 0.0989. The Morgan fingerprint density at radius 2 is 1.90 bits per heavy atom. The van der Waals surface area contributed by atoms with Crippen LogP contribution in [0.25, 0.3) is 4.96 Å². The van der Waals surface area contributed by atoms with Crippen LogP contribution in [-0.4, -0.2) is 74.7 Å². The Morgan fingerprint density at radius 3 is 2.71 bits per heavy atom. The Kier molecular flexibility index (Phi) is 6.27. The molecule has 168 valence electrons. The van der Waals surface area contributed by atoms with Crippen molar-refractivity contribution >= 4 is 28.1 Å². The van der Waals surface area contributed by atoms with Gasteiger partial charge in [0.15, 0.2) is 10.7 Å². The number of fused-ring (bicyclic) bond motifs is 1. The minimum Gasteiger partial charge on any atom is -0.343 e. The number of piperidine rings is 2. The SMILES string of the molecule is O=C1CCCN1CCC1CCCCN1Cc1c(C(=O)N2CCCCC2)nc2sccn12. The Hall–Kier alpha value is -1.93. The zero-order chi connectivity index (χ0) is 21.2. The van der Waals surface area contributed by atoms with Crippen molar-refractivity contribution in [1.82, 2.24) is 24.1 Å². The lowest BCUT2D eigenvalue weighted by Gasteiger charge is -2.36. The molecule has 0 N–H and O–H groups in total. The first-order valence-corrected chi connectivity index (χ1v) is 12.8. The first-order chi connectivity index (χ1) is 15.2. The van der Waals surface area contributed by atoms with Crippen LogP contribution in [0.5, 0.6) is 0 Å². The zero-order valence-electron chi connectivity index (χ0n) is 18.3. The van der Waals surface area contributed by atoms with E-state index >= 15 is 0 Å². The van der Waals surface area contributed by atoms with Gasteiger partial charge in [0.2, 0.25) is 5.91 Å². The molecule has 3 fully saturated rings. The molecule has 5 heterocycles. The summed E-state index contributed by atoms with van der Waals surface area (Å²) >= 11 is 1.59. The number of aromatic nitrogens is 2. The maximum Gasteiger partial charge on any atom is 0.274 e. The molecule has 0 aromatic carbocycles. The van der Waals surface area contributed by atoms with Crippen LogP contribution < -0.4 is 0 Å². The molecule has 8 heteroatoms. The molecule has 0 radical (unpaired) electrons. The molecule has 2 aromatic heterocycles. The van der Waals surface area contributed by atoms with Gasteiger partial charge in [0.1, 0.15) is 0 Å². The highest BCUT2D eigenvalue weighted by Crippen LogP contribution is 2.27. The van der Waals surface area contributed by atoms with Crippen molar-refractivity contribution in [3.8, 4) is 0 Å². The van der Waals surface area contributed by atoms with Crippen LogP contribution in [0.15, 0.2) is 11.6 Å². The Morgan fingerprint density at radius 1 is 1.06 bits per heavy atom. The standard InChI is InChI=1S/C23H33N5O2S/c29-20-8-6-13-25(20)14-9-18-7-2-5-12-27(18)17-19-21(24-23-28(19)15-16-31-23)22(30)26-10-3-1-4-11-26/h15-16,18H,1-14,17H2. The van der Waals surface area contributed by atoms with Gasteiger partial charge in [0, 0.05) is 56.8 Å². The van der Waals surface area contributed by atoms with Crippen LogP contribution in [0.3, 0.4) is 0 Å². The summed E-state index contributed by atoms with van der Waals surface area (Å²) in [7, 11) is 0. The number of thiazole rings is 1. The summed E-state index contributed by atoms with van der Waals surface area (Å²) in [6.45, 7) is 5.27. The Bertz CT molecular complexity index is 932. The molecule has 0 spiro atoms. The first kappa shape index (κ1) is 20.9. The van der Waals surface area contributed by atoms with Gasteiger partial charge in [-0.25, -0.2) is 4.98 Å². The second-order valence-electron chi connectivity index (χ2n) is 9.21. The van der Waals surface area contributed by atoms with Crippen LogP contribution >= 0.6 is 11.3 Å². The highest BCUT2D eigenvalue weighted by molar-refractivity contribution is 7.15. The van der Waals surface area contributed by atoms with Crippen LogP contribution in [0.2, 0.25) is 0 Å². The van der Waals surface area contributed by atoms with E-state index in [9.17, 15) is 9.59 Å². The number of hydrogen-bond donors (Lipinski definition) is 0. The van der Waals surface area contributed by atoms with Crippen molar-refractivity contribution in [1.29, 1.82) is 0 Å². The predicted molar refractivity (Wildman–Crippen MR) is 121 cm³/mol. The van der Waals surface area contributed by atoms with E-state index < -0.39 is 0 Å². The molecule has 0 saturated carbocycles. The molecule has 0 bridgehead atoms. The van der Waals surface area contributed by atoms with Crippen molar-refractivity contribution in [3.63, 3.8) is 0 Å². The second-order valence-corrected chi connectivity index (χ2v) is 10.1. The van der Waals surface area contributed by atoms with E-state index in [0.717, 1.165) is 75.6 Å². The summed E-state index contributed by atoms with van der Waals surface area (Å²) in [6.07, 6.45) is 11.8. The average molecular weight is 444 g/mol. The lowest BCUT2D eigenvalue weighted by atomic mass is 9.98. The number of nitrogens with zero attached hydrogens (tertiary/aromatic N) is 5. The first-order valence-electron chi connectivity index (χ1n) is 12.0. The van der Waals surface area contributed by atoms with Crippen LogP contribution in [0.4, 0.5) is 0 Å². The molecule has 1 atom stereocenters. The maximum absolute atomic E-state index is 13.3. The van der Waals surface area contributed by atoms with Gasteiger partial charge in [-0.05, 0) is 51.5 Å². The third-order valence-corrected chi connectivity index (χ3v) is 7.97. The van der Waals surface area contributed by atoms with Gasteiger partial charge >= 0.3 is 0 Å². The average Bonchev–Trinajstić information content (AvgIpc) is 3.51. The Balaban J connectivity index is 1.34. The molecule has 3 saturated heterocycles. The Labute approximate surface area is 188 Å². The number of likely N-dealkylation sites (tertiary alicyclic amines) is 3. The van der Waals surface area contributed by atoms with Crippen LogP contribution in [0.1, 0.15) is 74.0 Å². The van der Waals surface area contributed by atoms with Crippen molar-refractivity contribution in [2.24, 2.45) is 0 Å².